The second kappa shape index (κ2) is 9.84. The Hall–Kier alpha value is -3.04. The van der Waals surface area contributed by atoms with E-state index in [2.05, 4.69) is 15.4 Å². The van der Waals surface area contributed by atoms with Gasteiger partial charge in [-0.1, -0.05) is 24.6 Å². The number of nitrogens with zero attached hydrogens (tertiary/aromatic N) is 4. The third-order valence-corrected chi connectivity index (χ3v) is 8.08. The molecule has 0 aliphatic carbocycles. The van der Waals surface area contributed by atoms with Crippen molar-refractivity contribution in [2.45, 2.75) is 51.1 Å². The zero-order valence-corrected chi connectivity index (χ0v) is 19.8. The van der Waals surface area contributed by atoms with Crippen molar-refractivity contribution in [3.63, 3.8) is 0 Å². The van der Waals surface area contributed by atoms with Crippen LogP contribution >= 0.6 is 0 Å². The van der Waals surface area contributed by atoms with Crippen LogP contribution in [0.25, 0.3) is 0 Å². The molecule has 0 unspecified atom stereocenters. The number of aryl methyl sites for hydroxylation is 1. The molecule has 174 valence electrons. The Balaban J connectivity index is 1.45. The van der Waals surface area contributed by atoms with Crippen molar-refractivity contribution >= 4 is 15.9 Å². The average Bonchev–Trinajstić information content (AvgIpc) is 3.12. The highest BCUT2D eigenvalue weighted by molar-refractivity contribution is 7.89. The van der Waals surface area contributed by atoms with Crippen LogP contribution in [-0.4, -0.2) is 46.5 Å². The Morgan fingerprint density at radius 1 is 1.03 bits per heavy atom. The van der Waals surface area contributed by atoms with Crippen LogP contribution in [0.1, 0.15) is 52.3 Å². The van der Waals surface area contributed by atoms with E-state index in [0.29, 0.717) is 48.0 Å². The standard InChI is InChI=1S/C24H29N5O3S/c1-18-23(33(31,32)28-14-6-3-7-15-28)19(2)29(27-18)17-20-9-11-21(12-10-20)24(30)26-16-22-8-4-5-13-25-22/h4-5,8-13H,3,6-7,14-17H2,1-2H3,(H,26,30). The molecule has 0 spiro atoms. The van der Waals surface area contributed by atoms with Gasteiger partial charge in [0.1, 0.15) is 4.90 Å². The molecule has 4 rings (SSSR count). The lowest BCUT2D eigenvalue weighted by atomic mass is 10.1. The van der Waals surface area contributed by atoms with E-state index in [-0.39, 0.29) is 5.91 Å². The Labute approximate surface area is 194 Å². The number of hydrogen-bond acceptors (Lipinski definition) is 5. The van der Waals surface area contributed by atoms with Crippen molar-refractivity contribution in [3.05, 3.63) is 76.9 Å². The highest BCUT2D eigenvalue weighted by atomic mass is 32.2. The highest BCUT2D eigenvalue weighted by Gasteiger charge is 2.31. The fraction of sp³-hybridized carbons (Fsp3) is 0.375. The van der Waals surface area contributed by atoms with E-state index < -0.39 is 10.0 Å². The van der Waals surface area contributed by atoms with Crippen molar-refractivity contribution in [1.29, 1.82) is 0 Å². The number of amides is 1. The number of benzene rings is 1. The number of carbonyl (C=O) groups excluding carboxylic acids is 1. The van der Waals surface area contributed by atoms with Gasteiger partial charge in [0, 0.05) is 24.8 Å². The molecule has 3 aromatic rings. The maximum atomic E-state index is 13.2. The molecule has 9 heteroatoms. The minimum absolute atomic E-state index is 0.173. The predicted octanol–water partition coefficient (Wildman–Crippen LogP) is 3.05. The molecule has 0 saturated carbocycles. The predicted molar refractivity (Wildman–Crippen MR) is 125 cm³/mol. The zero-order valence-electron chi connectivity index (χ0n) is 19.0. The van der Waals surface area contributed by atoms with Crippen LogP contribution in [0.5, 0.6) is 0 Å². The summed E-state index contributed by atoms with van der Waals surface area (Å²) in [6.45, 7) is 5.47. The van der Waals surface area contributed by atoms with Crippen molar-refractivity contribution in [3.8, 4) is 0 Å². The van der Waals surface area contributed by atoms with E-state index in [1.165, 1.54) is 0 Å². The lowest BCUT2D eigenvalue weighted by molar-refractivity contribution is 0.0950. The van der Waals surface area contributed by atoms with Gasteiger partial charge in [0.25, 0.3) is 5.91 Å². The Morgan fingerprint density at radius 2 is 1.76 bits per heavy atom. The molecular weight excluding hydrogens is 438 g/mol. The van der Waals surface area contributed by atoms with Gasteiger partial charge in [0.15, 0.2) is 0 Å². The van der Waals surface area contributed by atoms with Gasteiger partial charge in [-0.15, -0.1) is 0 Å². The van der Waals surface area contributed by atoms with Gasteiger partial charge in [-0.05, 0) is 56.5 Å². The van der Waals surface area contributed by atoms with Gasteiger partial charge >= 0.3 is 0 Å². The fourth-order valence-electron chi connectivity index (χ4n) is 4.15. The van der Waals surface area contributed by atoms with Crippen LogP contribution in [0.3, 0.4) is 0 Å². The van der Waals surface area contributed by atoms with Crippen LogP contribution in [0.15, 0.2) is 53.6 Å². The molecule has 3 heterocycles. The summed E-state index contributed by atoms with van der Waals surface area (Å²) in [4.78, 5) is 16.9. The second-order valence-corrected chi connectivity index (χ2v) is 10.2. The first-order valence-electron chi connectivity index (χ1n) is 11.2. The number of aromatic nitrogens is 3. The first-order chi connectivity index (χ1) is 15.9. The molecule has 1 aliphatic heterocycles. The maximum Gasteiger partial charge on any atom is 0.251 e. The normalized spacial score (nSPS) is 14.8. The SMILES string of the molecule is Cc1nn(Cc2ccc(C(=O)NCc3ccccn3)cc2)c(C)c1S(=O)(=O)N1CCCCC1. The summed E-state index contributed by atoms with van der Waals surface area (Å²) < 4.78 is 29.7. The van der Waals surface area contributed by atoms with Crippen molar-refractivity contribution in [2.75, 3.05) is 13.1 Å². The van der Waals surface area contributed by atoms with E-state index in [1.54, 1.807) is 41.2 Å². The Morgan fingerprint density at radius 3 is 2.42 bits per heavy atom. The number of rotatable bonds is 7. The number of nitrogens with one attached hydrogen (secondary N) is 1. The van der Waals surface area contributed by atoms with Gasteiger partial charge < -0.3 is 5.32 Å². The minimum atomic E-state index is -3.55. The van der Waals surface area contributed by atoms with Crippen LogP contribution in [0.2, 0.25) is 0 Å². The topological polar surface area (TPSA) is 97.2 Å². The molecule has 2 aromatic heterocycles. The molecule has 0 radical (unpaired) electrons. The average molecular weight is 468 g/mol. The third-order valence-electron chi connectivity index (χ3n) is 5.93. The van der Waals surface area contributed by atoms with E-state index in [4.69, 9.17) is 0 Å². The summed E-state index contributed by atoms with van der Waals surface area (Å²) in [7, 11) is -3.55. The molecule has 0 atom stereocenters. The minimum Gasteiger partial charge on any atom is -0.346 e. The smallest absolute Gasteiger partial charge is 0.251 e. The number of carbonyl (C=O) groups is 1. The number of pyridine rings is 1. The molecule has 1 aliphatic rings. The van der Waals surface area contributed by atoms with Crippen LogP contribution in [-0.2, 0) is 23.1 Å². The quantitative estimate of drug-likeness (QED) is 0.576. The summed E-state index contributed by atoms with van der Waals surface area (Å²) in [6.07, 6.45) is 4.55. The van der Waals surface area contributed by atoms with Crippen molar-refractivity contribution in [2.24, 2.45) is 0 Å². The number of piperidine rings is 1. The molecule has 1 aromatic carbocycles. The highest BCUT2D eigenvalue weighted by Crippen LogP contribution is 2.26. The van der Waals surface area contributed by atoms with Crippen LogP contribution in [0, 0.1) is 13.8 Å². The summed E-state index contributed by atoms with van der Waals surface area (Å²) >= 11 is 0. The molecule has 1 saturated heterocycles. The van der Waals surface area contributed by atoms with E-state index >= 15 is 0 Å². The molecule has 33 heavy (non-hydrogen) atoms. The zero-order chi connectivity index (χ0) is 23.4. The van der Waals surface area contributed by atoms with Gasteiger partial charge in [0.2, 0.25) is 10.0 Å². The Kier molecular flexibility index (Phi) is 6.90. The first-order valence-corrected chi connectivity index (χ1v) is 12.6. The first kappa shape index (κ1) is 23.1. The van der Waals surface area contributed by atoms with Gasteiger partial charge in [-0.2, -0.15) is 9.40 Å². The fourth-order valence-corrected chi connectivity index (χ4v) is 6.04. The summed E-state index contributed by atoms with van der Waals surface area (Å²) in [5.41, 5.74) is 3.43. The number of sulfonamides is 1. The maximum absolute atomic E-state index is 13.2. The van der Waals surface area contributed by atoms with Gasteiger partial charge in [-0.3, -0.25) is 14.5 Å². The lowest BCUT2D eigenvalue weighted by Gasteiger charge is -2.26. The van der Waals surface area contributed by atoms with Crippen LogP contribution < -0.4 is 5.32 Å². The lowest BCUT2D eigenvalue weighted by Crippen LogP contribution is -2.36. The van der Waals surface area contributed by atoms with Crippen molar-refractivity contribution < 1.29 is 13.2 Å². The van der Waals surface area contributed by atoms with E-state index in [9.17, 15) is 13.2 Å². The van der Waals surface area contributed by atoms with E-state index in [1.807, 2.05) is 30.3 Å². The largest absolute Gasteiger partial charge is 0.346 e. The summed E-state index contributed by atoms with van der Waals surface area (Å²) in [6, 6.07) is 12.8. The summed E-state index contributed by atoms with van der Waals surface area (Å²) in [5.74, 6) is -0.173. The van der Waals surface area contributed by atoms with Crippen LogP contribution in [0.4, 0.5) is 0 Å². The van der Waals surface area contributed by atoms with Gasteiger partial charge in [-0.25, -0.2) is 8.42 Å². The molecule has 0 bridgehead atoms. The summed E-state index contributed by atoms with van der Waals surface area (Å²) in [5, 5.41) is 7.37. The number of hydrogen-bond donors (Lipinski definition) is 1. The monoisotopic (exact) mass is 467 g/mol. The molecule has 1 fully saturated rings. The van der Waals surface area contributed by atoms with E-state index in [0.717, 1.165) is 30.5 Å². The molecule has 1 amide bonds. The molecular formula is C24H29N5O3S. The third kappa shape index (κ3) is 5.15. The van der Waals surface area contributed by atoms with Gasteiger partial charge in [0.05, 0.1) is 30.2 Å². The Bertz CT molecular complexity index is 1210. The molecule has 1 N–H and O–H groups in total. The van der Waals surface area contributed by atoms with Crippen molar-refractivity contribution in [1.82, 2.24) is 24.4 Å². The second-order valence-electron chi connectivity index (χ2n) is 8.32. The molecule has 8 nitrogen and oxygen atoms in total.